The minimum Gasteiger partial charge on any atom is -0.421 e. The molecule has 2 N–H and O–H groups in total. The zero-order chi connectivity index (χ0) is 33.2. The molecule has 0 saturated heterocycles. The molecule has 0 atom stereocenters. The smallest absolute Gasteiger partial charge is 0.137 e. The largest absolute Gasteiger partial charge is 0.421 e. The minimum atomic E-state index is -0.0432. The van der Waals surface area contributed by atoms with E-state index in [4.69, 9.17) is 19.2 Å². The number of benzene rings is 4. The maximum absolute atomic E-state index is 7.42. The quantitative estimate of drug-likeness (QED) is 0.105. The summed E-state index contributed by atoms with van der Waals surface area (Å²) in [6, 6.07) is 29.3. The SMILES string of the molecule is C=C(C)c1cccc(SOc2ccc(C3(c4ccc(OSc5cccc(C(=C)C)c5/C=C\C=N)cc4)CCCC3)cc2)c1/C=C\C=N. The molecule has 0 amide bonds. The molecule has 0 heterocycles. The van der Waals surface area contributed by atoms with Crippen molar-refractivity contribution in [3.63, 3.8) is 0 Å². The Labute approximate surface area is 287 Å². The van der Waals surface area contributed by atoms with Crippen molar-refractivity contribution >= 4 is 59.8 Å². The van der Waals surface area contributed by atoms with Crippen LogP contribution < -0.4 is 8.37 Å². The lowest BCUT2D eigenvalue weighted by Crippen LogP contribution is -2.23. The molecule has 0 spiro atoms. The summed E-state index contributed by atoms with van der Waals surface area (Å²) in [5.41, 5.74) is 8.59. The molecule has 47 heavy (non-hydrogen) atoms. The van der Waals surface area contributed by atoms with E-state index in [1.54, 1.807) is 12.2 Å². The Morgan fingerprint density at radius 3 is 1.40 bits per heavy atom. The van der Waals surface area contributed by atoms with Crippen LogP contribution in [0.5, 0.6) is 11.5 Å². The van der Waals surface area contributed by atoms with Crippen LogP contribution in [-0.4, -0.2) is 12.4 Å². The van der Waals surface area contributed by atoms with E-state index in [0.717, 1.165) is 67.5 Å². The topological polar surface area (TPSA) is 66.2 Å². The average Bonchev–Trinajstić information content (AvgIpc) is 3.59. The molecule has 1 saturated carbocycles. The van der Waals surface area contributed by atoms with Crippen LogP contribution in [0.4, 0.5) is 0 Å². The second-order valence-corrected chi connectivity index (χ2v) is 13.3. The Kier molecular flexibility index (Phi) is 11.4. The van der Waals surface area contributed by atoms with Crippen molar-refractivity contribution in [2.75, 3.05) is 0 Å². The lowest BCUT2D eigenvalue weighted by Gasteiger charge is -2.31. The second kappa shape index (κ2) is 15.9. The van der Waals surface area contributed by atoms with Gasteiger partial charge in [-0.05, 0) is 109 Å². The number of hydrogen-bond donors (Lipinski definition) is 2. The van der Waals surface area contributed by atoms with Gasteiger partial charge >= 0.3 is 0 Å². The first-order valence-electron chi connectivity index (χ1n) is 15.7. The fourth-order valence-electron chi connectivity index (χ4n) is 6.18. The lowest BCUT2D eigenvalue weighted by molar-refractivity contribution is 0.532. The molecular formula is C41H40N2O2S2. The molecule has 0 aromatic heterocycles. The summed E-state index contributed by atoms with van der Waals surface area (Å²) in [6.07, 6.45) is 14.4. The first-order valence-corrected chi connectivity index (χ1v) is 17.2. The summed E-state index contributed by atoms with van der Waals surface area (Å²) in [6.45, 7) is 12.2. The standard InChI is InChI=1S/C41H40N2O2S2/c1-29(2)35-11-7-15-39(37(35)13-9-27-42)46-44-33-21-17-31(18-22-33)41(25-5-6-26-41)32-19-23-34(24-20-32)45-47-40-16-8-12-36(30(3)4)38(40)14-10-28-43/h7-24,27-28,42-43H,1,3,5-6,25-26H2,2,4H3/b13-9-,14-10-,42-27?,43-28?. The number of nitrogens with one attached hydrogen (secondary N) is 2. The van der Waals surface area contributed by atoms with Gasteiger partial charge in [-0.25, -0.2) is 0 Å². The summed E-state index contributed by atoms with van der Waals surface area (Å²) in [4.78, 5) is 1.95. The minimum absolute atomic E-state index is 0.0432. The highest BCUT2D eigenvalue weighted by molar-refractivity contribution is 7.95. The van der Waals surface area contributed by atoms with Crippen LogP contribution in [0.3, 0.4) is 0 Å². The van der Waals surface area contributed by atoms with Crippen molar-refractivity contribution in [1.29, 1.82) is 10.8 Å². The third-order valence-electron chi connectivity index (χ3n) is 8.50. The van der Waals surface area contributed by atoms with Crippen molar-refractivity contribution in [1.82, 2.24) is 0 Å². The molecule has 238 valence electrons. The van der Waals surface area contributed by atoms with E-state index >= 15 is 0 Å². The van der Waals surface area contributed by atoms with Gasteiger partial charge in [-0.1, -0.05) is 97.8 Å². The Balaban J connectivity index is 1.31. The maximum Gasteiger partial charge on any atom is 0.137 e. The molecule has 0 radical (unpaired) electrons. The second-order valence-electron chi connectivity index (χ2n) is 11.7. The molecule has 1 fully saturated rings. The Bertz CT molecular complexity index is 1690. The summed E-state index contributed by atoms with van der Waals surface area (Å²) in [7, 11) is 0. The molecule has 5 rings (SSSR count). The van der Waals surface area contributed by atoms with Gasteiger partial charge in [-0.15, -0.1) is 0 Å². The maximum atomic E-state index is 7.42. The van der Waals surface area contributed by atoms with Crippen LogP contribution in [0.15, 0.2) is 120 Å². The molecule has 1 aliphatic carbocycles. The van der Waals surface area contributed by atoms with E-state index in [9.17, 15) is 0 Å². The van der Waals surface area contributed by atoms with Gasteiger partial charge in [0.15, 0.2) is 0 Å². The van der Waals surface area contributed by atoms with Crippen LogP contribution in [-0.2, 0) is 5.41 Å². The molecule has 0 aliphatic heterocycles. The van der Waals surface area contributed by atoms with E-state index in [1.807, 2.05) is 62.4 Å². The third kappa shape index (κ3) is 7.90. The van der Waals surface area contributed by atoms with Gasteiger partial charge in [0.2, 0.25) is 0 Å². The molecule has 6 heteroatoms. The highest BCUT2D eigenvalue weighted by Gasteiger charge is 2.37. The van der Waals surface area contributed by atoms with Crippen molar-refractivity contribution < 1.29 is 8.37 Å². The number of allylic oxidation sites excluding steroid dienone is 4. The normalized spacial score (nSPS) is 13.9. The van der Waals surface area contributed by atoms with Crippen LogP contribution in [0.1, 0.15) is 72.9 Å². The van der Waals surface area contributed by atoms with Crippen LogP contribution in [0, 0.1) is 10.8 Å². The van der Waals surface area contributed by atoms with Crippen molar-refractivity contribution in [2.45, 2.75) is 54.7 Å². The summed E-state index contributed by atoms with van der Waals surface area (Å²) < 4.78 is 12.4. The van der Waals surface area contributed by atoms with Gasteiger partial charge in [-0.2, -0.15) is 0 Å². The summed E-state index contributed by atoms with van der Waals surface area (Å²) in [5.74, 6) is 1.59. The summed E-state index contributed by atoms with van der Waals surface area (Å²) in [5, 5.41) is 14.8. The van der Waals surface area contributed by atoms with Gasteiger partial charge in [0.05, 0.1) is 33.9 Å². The zero-order valence-electron chi connectivity index (χ0n) is 26.9. The van der Waals surface area contributed by atoms with Crippen LogP contribution in [0.25, 0.3) is 23.3 Å². The molecule has 4 aromatic rings. The molecule has 0 unspecified atom stereocenters. The fourth-order valence-corrected chi connectivity index (χ4v) is 7.58. The molecule has 4 nitrogen and oxygen atoms in total. The molecule has 0 bridgehead atoms. The van der Waals surface area contributed by atoms with Gasteiger partial charge in [0.25, 0.3) is 0 Å². The van der Waals surface area contributed by atoms with E-state index in [0.29, 0.717) is 0 Å². The summed E-state index contributed by atoms with van der Waals surface area (Å²) >= 11 is 2.65. The predicted molar refractivity (Wildman–Crippen MR) is 203 cm³/mol. The third-order valence-corrected chi connectivity index (χ3v) is 10.1. The Morgan fingerprint density at radius 1 is 0.638 bits per heavy atom. The van der Waals surface area contributed by atoms with Crippen molar-refractivity contribution in [3.05, 3.63) is 144 Å². The Hall–Kier alpha value is -4.52. The monoisotopic (exact) mass is 656 g/mol. The van der Waals surface area contributed by atoms with Gasteiger partial charge in [0, 0.05) is 17.8 Å². The fraction of sp³-hybridized carbons (Fsp3) is 0.171. The van der Waals surface area contributed by atoms with Gasteiger partial charge in [0.1, 0.15) is 11.5 Å². The van der Waals surface area contributed by atoms with Crippen LogP contribution in [0.2, 0.25) is 0 Å². The molecular weight excluding hydrogens is 617 g/mol. The van der Waals surface area contributed by atoms with Gasteiger partial charge < -0.3 is 19.2 Å². The highest BCUT2D eigenvalue weighted by Crippen LogP contribution is 2.47. The zero-order valence-corrected chi connectivity index (χ0v) is 28.6. The average molecular weight is 657 g/mol. The Morgan fingerprint density at radius 2 is 1.04 bits per heavy atom. The first-order chi connectivity index (χ1) is 22.9. The van der Waals surface area contributed by atoms with Crippen molar-refractivity contribution in [3.8, 4) is 11.5 Å². The lowest BCUT2D eigenvalue weighted by atomic mass is 9.73. The van der Waals surface area contributed by atoms with E-state index in [-0.39, 0.29) is 5.41 Å². The highest BCUT2D eigenvalue weighted by atomic mass is 32.2. The first kappa shape index (κ1) is 33.8. The molecule has 1 aliphatic rings. The number of rotatable bonds is 14. The number of hydrogen-bond acceptors (Lipinski definition) is 6. The van der Waals surface area contributed by atoms with Gasteiger partial charge in [-0.3, -0.25) is 0 Å². The predicted octanol–water partition coefficient (Wildman–Crippen LogP) is 12.1. The molecule has 4 aromatic carbocycles. The van der Waals surface area contributed by atoms with Crippen LogP contribution >= 0.6 is 24.1 Å². The van der Waals surface area contributed by atoms with E-state index in [1.165, 1.54) is 60.5 Å². The van der Waals surface area contributed by atoms with E-state index < -0.39 is 0 Å². The van der Waals surface area contributed by atoms with Crippen molar-refractivity contribution in [2.24, 2.45) is 0 Å². The van der Waals surface area contributed by atoms with E-state index in [2.05, 4.69) is 61.7 Å².